The van der Waals surface area contributed by atoms with Gasteiger partial charge in [0.1, 0.15) is 11.6 Å². The Morgan fingerprint density at radius 1 is 1.39 bits per heavy atom. The zero-order valence-corrected chi connectivity index (χ0v) is 12.3. The molecule has 0 aliphatic carbocycles. The molecule has 1 aromatic rings. The highest BCUT2D eigenvalue weighted by Gasteiger charge is 2.21. The molecule has 2 rings (SSSR count). The summed E-state index contributed by atoms with van der Waals surface area (Å²) < 4.78 is 11.4. The van der Waals surface area contributed by atoms with Gasteiger partial charge in [-0.05, 0) is 28.8 Å². The average Bonchev–Trinajstić information content (AvgIpc) is 2.42. The Hall–Kier alpha value is -0.720. The molecule has 1 aliphatic heterocycles. The van der Waals surface area contributed by atoms with Gasteiger partial charge in [-0.25, -0.2) is 9.97 Å². The predicted molar refractivity (Wildman–Crippen MR) is 72.8 cm³/mol. The number of nitrogens with one attached hydrogen (secondary N) is 1. The van der Waals surface area contributed by atoms with Crippen LogP contribution >= 0.6 is 15.9 Å². The van der Waals surface area contributed by atoms with Gasteiger partial charge in [0.25, 0.3) is 0 Å². The first kappa shape index (κ1) is 13.7. The molecule has 0 spiro atoms. The van der Waals surface area contributed by atoms with Gasteiger partial charge in [-0.1, -0.05) is 0 Å². The third kappa shape index (κ3) is 2.99. The lowest BCUT2D eigenvalue weighted by Gasteiger charge is -2.22. The summed E-state index contributed by atoms with van der Waals surface area (Å²) in [6.45, 7) is 2.06. The van der Waals surface area contributed by atoms with Crippen molar-refractivity contribution < 1.29 is 9.47 Å². The Morgan fingerprint density at radius 2 is 2.11 bits per heavy atom. The lowest BCUT2D eigenvalue weighted by atomic mass is 9.99. The van der Waals surface area contributed by atoms with Crippen molar-refractivity contribution in [2.24, 2.45) is 0 Å². The van der Waals surface area contributed by atoms with Crippen LogP contribution in [0.3, 0.4) is 0 Å². The highest BCUT2D eigenvalue weighted by molar-refractivity contribution is 9.10. The second-order valence-electron chi connectivity index (χ2n) is 4.26. The highest BCUT2D eigenvalue weighted by atomic mass is 79.9. The molecule has 5 nitrogen and oxygen atoms in total. The third-order valence-corrected chi connectivity index (χ3v) is 3.87. The zero-order valence-electron chi connectivity index (χ0n) is 10.7. The van der Waals surface area contributed by atoms with Crippen LogP contribution in [0.1, 0.15) is 30.3 Å². The van der Waals surface area contributed by atoms with E-state index in [9.17, 15) is 0 Å². The Labute approximate surface area is 115 Å². The van der Waals surface area contributed by atoms with Crippen molar-refractivity contribution in [2.75, 3.05) is 32.7 Å². The molecule has 0 unspecified atom stereocenters. The molecule has 18 heavy (non-hydrogen) atoms. The van der Waals surface area contributed by atoms with E-state index in [1.165, 1.54) is 0 Å². The van der Waals surface area contributed by atoms with Gasteiger partial charge in [0.05, 0.1) is 16.8 Å². The first-order chi connectivity index (χ1) is 8.76. The summed E-state index contributed by atoms with van der Waals surface area (Å²) >= 11 is 3.51. The first-order valence-electron chi connectivity index (χ1n) is 6.07. The van der Waals surface area contributed by atoms with Crippen LogP contribution < -0.4 is 5.32 Å². The van der Waals surface area contributed by atoms with Crippen LogP contribution in [-0.4, -0.2) is 37.3 Å². The molecular formula is C12H18BrN3O2. The first-order valence-corrected chi connectivity index (χ1v) is 6.86. The molecule has 0 saturated carbocycles. The van der Waals surface area contributed by atoms with E-state index in [0.717, 1.165) is 47.9 Å². The molecular weight excluding hydrogens is 298 g/mol. The molecule has 1 aromatic heterocycles. The summed E-state index contributed by atoms with van der Waals surface area (Å²) in [6.07, 6.45) is 1.97. The van der Waals surface area contributed by atoms with E-state index in [1.807, 2.05) is 7.05 Å². The molecule has 0 bridgehead atoms. The second kappa shape index (κ2) is 6.45. The quantitative estimate of drug-likeness (QED) is 0.924. The number of methoxy groups -OCH3 is 1. The van der Waals surface area contributed by atoms with E-state index in [1.54, 1.807) is 7.11 Å². The van der Waals surface area contributed by atoms with Crippen molar-refractivity contribution in [1.29, 1.82) is 0 Å². The number of aromatic nitrogens is 2. The van der Waals surface area contributed by atoms with Crippen molar-refractivity contribution in [3.05, 3.63) is 16.0 Å². The Balaban J connectivity index is 2.31. The molecule has 0 aromatic carbocycles. The molecule has 0 radical (unpaired) electrons. The maximum absolute atomic E-state index is 5.37. The summed E-state index contributed by atoms with van der Waals surface area (Å²) in [6, 6.07) is 0. The molecule has 1 fully saturated rings. The van der Waals surface area contributed by atoms with Crippen LogP contribution in [0, 0.1) is 0 Å². The van der Waals surface area contributed by atoms with Gasteiger partial charge >= 0.3 is 0 Å². The standard InChI is InChI=1S/C12H18BrN3O2/c1-14-12-10(13)9(7-17-2)15-11(16-12)8-3-5-18-6-4-8/h8H,3-7H2,1-2H3,(H,14,15,16). The maximum Gasteiger partial charge on any atom is 0.144 e. The fraction of sp³-hybridized carbons (Fsp3) is 0.667. The van der Waals surface area contributed by atoms with Gasteiger partial charge in [-0.2, -0.15) is 0 Å². The van der Waals surface area contributed by atoms with E-state index < -0.39 is 0 Å². The Bertz CT molecular complexity index is 409. The molecule has 2 heterocycles. The number of hydrogen-bond donors (Lipinski definition) is 1. The number of rotatable bonds is 4. The smallest absolute Gasteiger partial charge is 0.144 e. The van der Waals surface area contributed by atoms with Crippen LogP contribution in [0.5, 0.6) is 0 Å². The second-order valence-corrected chi connectivity index (χ2v) is 5.05. The van der Waals surface area contributed by atoms with Crippen LogP contribution in [0.25, 0.3) is 0 Å². The summed E-state index contributed by atoms with van der Waals surface area (Å²) in [4.78, 5) is 9.19. The zero-order chi connectivity index (χ0) is 13.0. The van der Waals surface area contributed by atoms with Crippen molar-refractivity contribution in [2.45, 2.75) is 25.4 Å². The minimum absolute atomic E-state index is 0.384. The van der Waals surface area contributed by atoms with Crippen molar-refractivity contribution in [3.8, 4) is 0 Å². The van der Waals surface area contributed by atoms with Crippen molar-refractivity contribution >= 4 is 21.7 Å². The Morgan fingerprint density at radius 3 is 2.72 bits per heavy atom. The molecule has 100 valence electrons. The van der Waals surface area contributed by atoms with Crippen molar-refractivity contribution in [1.82, 2.24) is 9.97 Å². The number of halogens is 1. The SMILES string of the molecule is CNc1nc(C2CCOCC2)nc(COC)c1Br. The fourth-order valence-corrected chi connectivity index (χ4v) is 2.54. The van der Waals surface area contributed by atoms with Crippen LogP contribution in [0.15, 0.2) is 4.47 Å². The lowest BCUT2D eigenvalue weighted by Crippen LogP contribution is -2.18. The van der Waals surface area contributed by atoms with Gasteiger partial charge in [0.2, 0.25) is 0 Å². The highest BCUT2D eigenvalue weighted by Crippen LogP contribution is 2.29. The van der Waals surface area contributed by atoms with E-state index in [0.29, 0.717) is 12.5 Å². The minimum atomic E-state index is 0.384. The molecule has 6 heteroatoms. The van der Waals surface area contributed by atoms with E-state index in [-0.39, 0.29) is 0 Å². The number of nitrogens with zero attached hydrogens (tertiary/aromatic N) is 2. The molecule has 1 N–H and O–H groups in total. The van der Waals surface area contributed by atoms with E-state index in [2.05, 4.69) is 31.2 Å². The topological polar surface area (TPSA) is 56.3 Å². The van der Waals surface area contributed by atoms with Gasteiger partial charge in [0, 0.05) is 33.3 Å². The van der Waals surface area contributed by atoms with Crippen molar-refractivity contribution in [3.63, 3.8) is 0 Å². The molecule has 0 amide bonds. The van der Waals surface area contributed by atoms with E-state index in [4.69, 9.17) is 9.47 Å². The van der Waals surface area contributed by atoms with Crippen LogP contribution in [0.4, 0.5) is 5.82 Å². The van der Waals surface area contributed by atoms with Crippen LogP contribution in [0.2, 0.25) is 0 Å². The van der Waals surface area contributed by atoms with Gasteiger partial charge in [0.15, 0.2) is 0 Å². The maximum atomic E-state index is 5.37. The molecule has 1 saturated heterocycles. The van der Waals surface area contributed by atoms with Gasteiger partial charge < -0.3 is 14.8 Å². The minimum Gasteiger partial charge on any atom is -0.381 e. The third-order valence-electron chi connectivity index (χ3n) is 3.04. The Kier molecular flexibility index (Phi) is 4.91. The summed E-state index contributed by atoms with van der Waals surface area (Å²) in [5, 5.41) is 3.09. The summed E-state index contributed by atoms with van der Waals surface area (Å²) in [5.41, 5.74) is 0.887. The largest absolute Gasteiger partial charge is 0.381 e. The monoisotopic (exact) mass is 315 g/mol. The molecule has 0 atom stereocenters. The van der Waals surface area contributed by atoms with Gasteiger partial charge in [-0.15, -0.1) is 0 Å². The average molecular weight is 316 g/mol. The normalized spacial score (nSPS) is 16.8. The van der Waals surface area contributed by atoms with Crippen LogP contribution in [-0.2, 0) is 16.1 Å². The summed E-state index contributed by atoms with van der Waals surface area (Å²) in [7, 11) is 3.53. The number of anilines is 1. The van der Waals surface area contributed by atoms with Gasteiger partial charge in [-0.3, -0.25) is 0 Å². The van der Waals surface area contributed by atoms with E-state index >= 15 is 0 Å². The summed E-state index contributed by atoms with van der Waals surface area (Å²) in [5.74, 6) is 2.09. The molecule has 1 aliphatic rings. The lowest BCUT2D eigenvalue weighted by molar-refractivity contribution is 0.0834. The number of hydrogen-bond acceptors (Lipinski definition) is 5. The fourth-order valence-electron chi connectivity index (χ4n) is 2.05. The predicted octanol–water partition coefficient (Wildman–Crippen LogP) is 2.32. The number of ether oxygens (including phenoxy) is 2.